The van der Waals surface area contributed by atoms with Crippen molar-refractivity contribution in [2.45, 2.75) is 19.4 Å². The highest BCUT2D eigenvalue weighted by molar-refractivity contribution is 6.33. The summed E-state index contributed by atoms with van der Waals surface area (Å²) in [6.45, 7) is 5.12. The number of piperidine rings is 1. The van der Waals surface area contributed by atoms with Gasteiger partial charge in [-0.3, -0.25) is 9.69 Å². The Kier molecular flexibility index (Phi) is 6.78. The maximum Gasteiger partial charge on any atom is 0.241 e. The van der Waals surface area contributed by atoms with E-state index in [1.807, 2.05) is 23.1 Å². The molecule has 0 spiro atoms. The van der Waals surface area contributed by atoms with Crippen molar-refractivity contribution in [1.82, 2.24) is 19.9 Å². The van der Waals surface area contributed by atoms with Gasteiger partial charge in [0.25, 0.3) is 0 Å². The number of amides is 1. The fraction of sp³-hybridized carbons (Fsp3) is 0.400. The Bertz CT molecular complexity index is 1120. The lowest BCUT2D eigenvalue weighted by Gasteiger charge is -2.39. The first-order valence-corrected chi connectivity index (χ1v) is 12.0. The lowest BCUT2D eigenvalue weighted by Crippen LogP contribution is -2.51. The van der Waals surface area contributed by atoms with Gasteiger partial charge < -0.3 is 14.3 Å². The normalized spacial score (nSPS) is 17.8. The number of carbonyl (C=O) groups excluding carboxylic acids is 1. The molecule has 5 rings (SSSR count). The van der Waals surface area contributed by atoms with Gasteiger partial charge in [-0.1, -0.05) is 28.9 Å². The summed E-state index contributed by atoms with van der Waals surface area (Å²) in [7, 11) is 0. The lowest BCUT2D eigenvalue weighted by atomic mass is 9.95. The molecule has 2 saturated heterocycles. The summed E-state index contributed by atoms with van der Waals surface area (Å²) < 4.78 is 18.6. The molecule has 0 atom stereocenters. The molecule has 1 amide bonds. The van der Waals surface area contributed by atoms with E-state index in [4.69, 9.17) is 16.1 Å². The SMILES string of the molecule is O=C(C1CCN(Cc2nc(-c3ccccc3Cl)no2)CC1)N1CCN(c2ccc(F)cc2)CC1. The van der Waals surface area contributed by atoms with E-state index in [1.54, 1.807) is 18.2 Å². The van der Waals surface area contributed by atoms with Crippen molar-refractivity contribution in [3.8, 4) is 11.4 Å². The fourth-order valence-electron chi connectivity index (χ4n) is 4.70. The van der Waals surface area contributed by atoms with Crippen LogP contribution in [-0.4, -0.2) is 65.1 Å². The Balaban J connectivity index is 1.09. The molecular weight excluding hydrogens is 457 g/mol. The summed E-state index contributed by atoms with van der Waals surface area (Å²) in [6.07, 6.45) is 1.64. The minimum Gasteiger partial charge on any atom is -0.368 e. The van der Waals surface area contributed by atoms with E-state index in [1.165, 1.54) is 12.1 Å². The average Bonchev–Trinajstić information content (AvgIpc) is 3.33. The van der Waals surface area contributed by atoms with Gasteiger partial charge in [0.1, 0.15) is 5.82 Å². The smallest absolute Gasteiger partial charge is 0.241 e. The molecule has 0 bridgehead atoms. The van der Waals surface area contributed by atoms with Gasteiger partial charge in [0, 0.05) is 43.3 Å². The number of aromatic nitrogens is 2. The number of anilines is 1. The number of halogens is 2. The number of carbonyl (C=O) groups is 1. The number of nitrogens with zero attached hydrogens (tertiary/aromatic N) is 5. The number of hydrogen-bond donors (Lipinski definition) is 0. The van der Waals surface area contributed by atoms with Gasteiger partial charge in [-0.2, -0.15) is 4.98 Å². The van der Waals surface area contributed by atoms with Crippen molar-refractivity contribution in [3.05, 3.63) is 65.3 Å². The van der Waals surface area contributed by atoms with Crippen LogP contribution >= 0.6 is 11.6 Å². The molecule has 0 unspecified atom stereocenters. The van der Waals surface area contributed by atoms with Crippen molar-refractivity contribution in [2.24, 2.45) is 5.92 Å². The standard InChI is InChI=1S/C25H27ClFN5O2/c26-22-4-2-1-3-21(22)24-28-23(34-29-24)17-30-11-9-18(10-12-30)25(33)32-15-13-31(14-16-32)20-7-5-19(27)6-8-20/h1-8,18H,9-17H2. The monoisotopic (exact) mass is 483 g/mol. The van der Waals surface area contributed by atoms with Crippen LogP contribution in [0.4, 0.5) is 10.1 Å². The van der Waals surface area contributed by atoms with Gasteiger partial charge in [0.15, 0.2) is 0 Å². The summed E-state index contributed by atoms with van der Waals surface area (Å²) >= 11 is 6.23. The van der Waals surface area contributed by atoms with Crippen molar-refractivity contribution >= 4 is 23.2 Å². The second-order valence-corrected chi connectivity index (χ2v) is 9.24. The van der Waals surface area contributed by atoms with Crippen LogP contribution in [0.15, 0.2) is 53.1 Å². The second kappa shape index (κ2) is 10.1. The molecule has 3 aromatic rings. The molecule has 178 valence electrons. The Morgan fingerprint density at radius 3 is 2.41 bits per heavy atom. The number of piperazine rings is 1. The van der Waals surface area contributed by atoms with Crippen molar-refractivity contribution in [3.63, 3.8) is 0 Å². The molecule has 1 aromatic heterocycles. The molecule has 0 radical (unpaired) electrons. The van der Waals surface area contributed by atoms with Crippen LogP contribution in [0.3, 0.4) is 0 Å². The molecule has 0 saturated carbocycles. The summed E-state index contributed by atoms with van der Waals surface area (Å²) in [4.78, 5) is 24.0. The van der Waals surface area contributed by atoms with Gasteiger partial charge in [-0.05, 0) is 62.3 Å². The van der Waals surface area contributed by atoms with Crippen LogP contribution in [-0.2, 0) is 11.3 Å². The maximum atomic E-state index is 13.2. The summed E-state index contributed by atoms with van der Waals surface area (Å²) in [5.41, 5.74) is 1.75. The first kappa shape index (κ1) is 22.8. The zero-order valence-corrected chi connectivity index (χ0v) is 19.6. The molecular formula is C25H27ClFN5O2. The van der Waals surface area contributed by atoms with Gasteiger partial charge in [-0.25, -0.2) is 4.39 Å². The Morgan fingerprint density at radius 2 is 1.71 bits per heavy atom. The third-order valence-corrected chi connectivity index (χ3v) is 6.99. The average molecular weight is 484 g/mol. The van der Waals surface area contributed by atoms with E-state index in [2.05, 4.69) is 19.9 Å². The first-order valence-electron chi connectivity index (χ1n) is 11.7. The predicted octanol–water partition coefficient (Wildman–Crippen LogP) is 4.09. The first-order chi connectivity index (χ1) is 16.6. The number of hydrogen-bond acceptors (Lipinski definition) is 6. The fourth-order valence-corrected chi connectivity index (χ4v) is 4.92. The third kappa shape index (κ3) is 5.08. The van der Waals surface area contributed by atoms with Crippen molar-refractivity contribution < 1.29 is 13.7 Å². The highest BCUT2D eigenvalue weighted by Crippen LogP contribution is 2.26. The van der Waals surface area contributed by atoms with Gasteiger partial charge in [-0.15, -0.1) is 0 Å². The topological polar surface area (TPSA) is 65.7 Å². The van der Waals surface area contributed by atoms with Crippen LogP contribution in [0.5, 0.6) is 0 Å². The van der Waals surface area contributed by atoms with Gasteiger partial charge in [0.2, 0.25) is 17.6 Å². The van der Waals surface area contributed by atoms with Gasteiger partial charge >= 0.3 is 0 Å². The van der Waals surface area contributed by atoms with Crippen LogP contribution in [0.2, 0.25) is 5.02 Å². The maximum absolute atomic E-state index is 13.2. The van der Waals surface area contributed by atoms with Crippen LogP contribution in [0.25, 0.3) is 11.4 Å². The van der Waals surface area contributed by atoms with Gasteiger partial charge in [0.05, 0.1) is 11.6 Å². The van der Waals surface area contributed by atoms with E-state index in [0.717, 1.165) is 50.3 Å². The predicted molar refractivity (Wildman–Crippen MR) is 128 cm³/mol. The molecule has 34 heavy (non-hydrogen) atoms. The summed E-state index contributed by atoms with van der Waals surface area (Å²) in [5, 5.41) is 4.66. The van der Waals surface area contributed by atoms with E-state index >= 15 is 0 Å². The molecule has 2 aliphatic rings. The Morgan fingerprint density at radius 1 is 1.00 bits per heavy atom. The van der Waals surface area contributed by atoms with Crippen molar-refractivity contribution in [2.75, 3.05) is 44.2 Å². The largest absolute Gasteiger partial charge is 0.368 e. The minimum atomic E-state index is -0.232. The van der Waals surface area contributed by atoms with Crippen LogP contribution in [0.1, 0.15) is 18.7 Å². The zero-order valence-electron chi connectivity index (χ0n) is 18.9. The zero-order chi connectivity index (χ0) is 23.5. The van der Waals surface area contributed by atoms with Crippen LogP contribution < -0.4 is 4.90 Å². The summed E-state index contributed by atoms with van der Waals surface area (Å²) in [5.74, 6) is 1.11. The quantitative estimate of drug-likeness (QED) is 0.544. The van der Waals surface area contributed by atoms with E-state index in [0.29, 0.717) is 36.4 Å². The van der Waals surface area contributed by atoms with E-state index in [9.17, 15) is 9.18 Å². The van der Waals surface area contributed by atoms with E-state index < -0.39 is 0 Å². The number of rotatable bonds is 5. The molecule has 2 fully saturated rings. The van der Waals surface area contributed by atoms with Crippen LogP contribution in [0, 0.1) is 11.7 Å². The number of benzene rings is 2. The van der Waals surface area contributed by atoms with Crippen molar-refractivity contribution in [1.29, 1.82) is 0 Å². The molecule has 3 heterocycles. The molecule has 9 heteroatoms. The molecule has 2 aliphatic heterocycles. The number of likely N-dealkylation sites (tertiary alicyclic amines) is 1. The third-order valence-electron chi connectivity index (χ3n) is 6.66. The lowest BCUT2D eigenvalue weighted by molar-refractivity contribution is -0.137. The minimum absolute atomic E-state index is 0.0509. The second-order valence-electron chi connectivity index (χ2n) is 8.83. The molecule has 0 N–H and O–H groups in total. The molecule has 2 aromatic carbocycles. The molecule has 7 nitrogen and oxygen atoms in total. The highest BCUT2D eigenvalue weighted by atomic mass is 35.5. The summed E-state index contributed by atoms with van der Waals surface area (Å²) in [6, 6.07) is 14.0. The van der Waals surface area contributed by atoms with E-state index in [-0.39, 0.29) is 17.6 Å². The highest BCUT2D eigenvalue weighted by Gasteiger charge is 2.31. The molecule has 0 aliphatic carbocycles. The Labute approximate surface area is 203 Å². The Hall–Kier alpha value is -2.97.